The topological polar surface area (TPSA) is 50.3 Å². The molecule has 5 heteroatoms. The fourth-order valence-electron chi connectivity index (χ4n) is 4.19. The van der Waals surface area contributed by atoms with Crippen LogP contribution in [-0.2, 0) is 6.42 Å². The van der Waals surface area contributed by atoms with Crippen LogP contribution < -0.4 is 0 Å². The Hall–Kier alpha value is -3.86. The molecule has 2 heterocycles. The summed E-state index contributed by atoms with van der Waals surface area (Å²) >= 11 is 0. The van der Waals surface area contributed by atoms with Gasteiger partial charge in [-0.3, -0.25) is 19.5 Å². The van der Waals surface area contributed by atoms with Gasteiger partial charge in [-0.05, 0) is 48.4 Å². The quantitative estimate of drug-likeness (QED) is 0.428. The summed E-state index contributed by atoms with van der Waals surface area (Å²) in [5.41, 5.74) is 3.91. The van der Waals surface area contributed by atoms with E-state index in [0.717, 1.165) is 16.5 Å². The van der Waals surface area contributed by atoms with Crippen molar-refractivity contribution < 1.29 is 14.0 Å². The van der Waals surface area contributed by atoms with Crippen molar-refractivity contribution in [2.45, 2.75) is 19.4 Å². The van der Waals surface area contributed by atoms with E-state index in [0.29, 0.717) is 28.8 Å². The maximum atomic E-state index is 13.8. The first-order chi connectivity index (χ1) is 15.0. The molecule has 1 atom stereocenters. The van der Waals surface area contributed by atoms with Crippen molar-refractivity contribution in [1.82, 2.24) is 9.88 Å². The minimum atomic E-state index is -0.520. The van der Waals surface area contributed by atoms with E-state index in [2.05, 4.69) is 0 Å². The van der Waals surface area contributed by atoms with Gasteiger partial charge in [0, 0.05) is 17.9 Å². The van der Waals surface area contributed by atoms with Crippen LogP contribution in [0.3, 0.4) is 0 Å². The summed E-state index contributed by atoms with van der Waals surface area (Å²) in [5.74, 6) is -0.970. The van der Waals surface area contributed by atoms with Crippen molar-refractivity contribution in [3.8, 4) is 0 Å². The van der Waals surface area contributed by atoms with E-state index < -0.39 is 6.04 Å². The molecule has 1 aliphatic rings. The van der Waals surface area contributed by atoms with E-state index in [4.69, 9.17) is 4.98 Å². The fraction of sp³-hybridized carbons (Fsp3) is 0.115. The molecule has 1 aliphatic heterocycles. The average molecular weight is 410 g/mol. The molecule has 0 saturated carbocycles. The molecule has 0 fully saturated rings. The zero-order valence-electron chi connectivity index (χ0n) is 16.9. The summed E-state index contributed by atoms with van der Waals surface area (Å²) in [6, 6.07) is 22.5. The number of carbonyl (C=O) groups is 2. The van der Waals surface area contributed by atoms with Gasteiger partial charge in [-0.1, -0.05) is 42.5 Å². The van der Waals surface area contributed by atoms with Crippen LogP contribution in [0.1, 0.15) is 50.5 Å². The molecule has 5 rings (SSSR count). The number of fused-ring (bicyclic) bond motifs is 2. The lowest BCUT2D eigenvalue weighted by Crippen LogP contribution is -2.33. The van der Waals surface area contributed by atoms with Gasteiger partial charge in [-0.25, -0.2) is 4.39 Å². The lowest BCUT2D eigenvalue weighted by Gasteiger charge is -2.25. The van der Waals surface area contributed by atoms with Gasteiger partial charge in [0.2, 0.25) is 0 Å². The predicted molar refractivity (Wildman–Crippen MR) is 116 cm³/mol. The number of imide groups is 1. The van der Waals surface area contributed by atoms with Crippen LogP contribution in [0.5, 0.6) is 0 Å². The number of benzene rings is 3. The molecular formula is C26H19FN2O2. The Bertz CT molecular complexity index is 1300. The van der Waals surface area contributed by atoms with E-state index in [1.54, 1.807) is 30.3 Å². The van der Waals surface area contributed by atoms with Gasteiger partial charge in [0.1, 0.15) is 5.82 Å². The zero-order chi connectivity index (χ0) is 21.5. The highest BCUT2D eigenvalue weighted by Crippen LogP contribution is 2.34. The summed E-state index contributed by atoms with van der Waals surface area (Å²) in [7, 11) is 0. The lowest BCUT2D eigenvalue weighted by atomic mass is 9.97. The minimum Gasteiger partial charge on any atom is -0.269 e. The highest BCUT2D eigenvalue weighted by molar-refractivity contribution is 6.21. The first-order valence-electron chi connectivity index (χ1n) is 10.1. The van der Waals surface area contributed by atoms with Gasteiger partial charge < -0.3 is 0 Å². The van der Waals surface area contributed by atoms with Crippen LogP contribution in [0.25, 0.3) is 10.9 Å². The number of amides is 2. The van der Waals surface area contributed by atoms with Gasteiger partial charge in [-0.15, -0.1) is 0 Å². The van der Waals surface area contributed by atoms with Crippen molar-refractivity contribution >= 4 is 22.7 Å². The Morgan fingerprint density at radius 2 is 1.52 bits per heavy atom. The Balaban J connectivity index is 1.63. The zero-order valence-corrected chi connectivity index (χ0v) is 16.9. The first-order valence-corrected chi connectivity index (χ1v) is 10.1. The molecule has 2 amide bonds. The number of pyridine rings is 1. The van der Waals surface area contributed by atoms with Gasteiger partial charge in [0.25, 0.3) is 11.8 Å². The summed E-state index contributed by atoms with van der Waals surface area (Å²) in [5, 5.41) is 0.761. The van der Waals surface area contributed by atoms with Crippen LogP contribution >= 0.6 is 0 Å². The van der Waals surface area contributed by atoms with E-state index in [-0.39, 0.29) is 17.6 Å². The molecule has 0 spiro atoms. The number of carbonyl (C=O) groups excluding carboxylic acids is 2. The Morgan fingerprint density at radius 3 is 2.19 bits per heavy atom. The largest absolute Gasteiger partial charge is 0.269 e. The third kappa shape index (κ3) is 3.28. The smallest absolute Gasteiger partial charge is 0.262 e. The molecule has 0 N–H and O–H groups in total. The van der Waals surface area contributed by atoms with Gasteiger partial charge in [-0.2, -0.15) is 0 Å². The summed E-state index contributed by atoms with van der Waals surface area (Å²) in [4.78, 5) is 32.1. The standard InChI is InChI=1S/C26H19FN2O2/c1-16(29-25(30)20-9-5-6-10-21(20)26(29)31)22-14-18-11-12-19(27)15-23(18)28-24(22)13-17-7-3-2-4-8-17/h2-12,14-16H,13H2,1H3/t16-/m0/s1. The van der Waals surface area contributed by atoms with Gasteiger partial charge in [0.15, 0.2) is 0 Å². The summed E-state index contributed by atoms with van der Waals surface area (Å²) in [6.07, 6.45) is 0.510. The van der Waals surface area contributed by atoms with Crippen molar-refractivity contribution in [3.05, 3.63) is 113 Å². The van der Waals surface area contributed by atoms with E-state index in [1.165, 1.54) is 17.0 Å². The van der Waals surface area contributed by atoms with Gasteiger partial charge in [0.05, 0.1) is 28.4 Å². The third-order valence-electron chi connectivity index (χ3n) is 5.77. The molecule has 152 valence electrons. The summed E-state index contributed by atoms with van der Waals surface area (Å²) in [6.45, 7) is 1.84. The molecule has 0 saturated heterocycles. The van der Waals surface area contributed by atoms with E-state index in [1.807, 2.05) is 43.3 Å². The van der Waals surface area contributed by atoms with Crippen LogP contribution in [0.4, 0.5) is 4.39 Å². The monoisotopic (exact) mass is 410 g/mol. The maximum absolute atomic E-state index is 13.8. The molecule has 4 aromatic rings. The van der Waals surface area contributed by atoms with Crippen molar-refractivity contribution in [2.75, 3.05) is 0 Å². The van der Waals surface area contributed by atoms with E-state index in [9.17, 15) is 14.0 Å². The highest BCUT2D eigenvalue weighted by atomic mass is 19.1. The van der Waals surface area contributed by atoms with Crippen molar-refractivity contribution in [1.29, 1.82) is 0 Å². The second-order valence-corrected chi connectivity index (χ2v) is 7.73. The number of hydrogen-bond acceptors (Lipinski definition) is 3. The molecule has 3 aromatic carbocycles. The second kappa shape index (κ2) is 7.43. The molecular weight excluding hydrogens is 391 g/mol. The number of rotatable bonds is 4. The van der Waals surface area contributed by atoms with Crippen LogP contribution in [0.2, 0.25) is 0 Å². The van der Waals surface area contributed by atoms with Crippen molar-refractivity contribution in [2.24, 2.45) is 0 Å². The van der Waals surface area contributed by atoms with Crippen LogP contribution in [0, 0.1) is 5.82 Å². The number of aromatic nitrogens is 1. The molecule has 31 heavy (non-hydrogen) atoms. The molecule has 0 unspecified atom stereocenters. The normalized spacial score (nSPS) is 14.2. The van der Waals surface area contributed by atoms with Gasteiger partial charge >= 0.3 is 0 Å². The molecule has 4 nitrogen and oxygen atoms in total. The fourth-order valence-corrected chi connectivity index (χ4v) is 4.19. The number of nitrogens with zero attached hydrogens (tertiary/aromatic N) is 2. The molecule has 0 radical (unpaired) electrons. The van der Waals surface area contributed by atoms with Crippen molar-refractivity contribution in [3.63, 3.8) is 0 Å². The summed E-state index contributed by atoms with van der Waals surface area (Å²) < 4.78 is 13.8. The lowest BCUT2D eigenvalue weighted by molar-refractivity contribution is 0.0594. The SMILES string of the molecule is C[C@@H](c1cc2ccc(F)cc2nc1Cc1ccccc1)N1C(=O)c2ccccc2C1=O. The Kier molecular flexibility index (Phi) is 4.59. The predicted octanol–water partition coefficient (Wildman–Crippen LogP) is 5.32. The number of hydrogen-bond donors (Lipinski definition) is 0. The van der Waals surface area contributed by atoms with E-state index >= 15 is 0 Å². The Morgan fingerprint density at radius 1 is 0.871 bits per heavy atom. The third-order valence-corrected chi connectivity index (χ3v) is 5.77. The molecule has 0 aliphatic carbocycles. The van der Waals surface area contributed by atoms with Crippen LogP contribution in [0.15, 0.2) is 78.9 Å². The maximum Gasteiger partial charge on any atom is 0.262 e. The highest BCUT2D eigenvalue weighted by Gasteiger charge is 2.39. The first kappa shape index (κ1) is 19.1. The molecule has 0 bridgehead atoms. The number of halogens is 1. The van der Waals surface area contributed by atoms with Crippen LogP contribution in [-0.4, -0.2) is 21.7 Å². The molecule has 1 aromatic heterocycles. The minimum absolute atomic E-state index is 0.307. The Labute approximate surface area is 179 Å². The second-order valence-electron chi connectivity index (χ2n) is 7.73. The average Bonchev–Trinajstić information content (AvgIpc) is 3.04.